The van der Waals surface area contributed by atoms with Gasteiger partial charge in [-0.1, -0.05) is 0 Å². The Bertz CT molecular complexity index is 827. The molecule has 0 spiro atoms. The molecule has 1 aromatic heterocycles. The highest BCUT2D eigenvalue weighted by Crippen LogP contribution is 2.39. The molecule has 152 valence electrons. The average Bonchev–Trinajstić information content (AvgIpc) is 3.00. The number of aryl methyl sites for hydroxylation is 2. The Morgan fingerprint density at radius 1 is 1.00 bits per heavy atom. The van der Waals surface area contributed by atoms with Gasteiger partial charge in [-0.05, 0) is 59.7 Å². The zero-order chi connectivity index (χ0) is 20.7. The summed E-state index contributed by atoms with van der Waals surface area (Å²) >= 11 is 0. The van der Waals surface area contributed by atoms with Crippen molar-refractivity contribution >= 4 is 11.6 Å². The number of hydrogen-bond acceptors (Lipinski definition) is 6. The van der Waals surface area contributed by atoms with E-state index in [2.05, 4.69) is 10.5 Å². The van der Waals surface area contributed by atoms with E-state index in [-0.39, 0.29) is 5.91 Å². The molecule has 0 radical (unpaired) electrons. The highest BCUT2D eigenvalue weighted by atomic mass is 16.5. The molecule has 0 aliphatic rings. The molecule has 1 aromatic carbocycles. The van der Waals surface area contributed by atoms with E-state index in [1.165, 1.54) is 0 Å². The van der Waals surface area contributed by atoms with Crippen molar-refractivity contribution in [3.63, 3.8) is 0 Å². The molecule has 0 aliphatic carbocycles. The van der Waals surface area contributed by atoms with Crippen LogP contribution < -0.4 is 19.6 Å². The normalized spacial score (nSPS) is 11.3. The second-order valence-corrected chi connectivity index (χ2v) is 6.07. The zero-order valence-corrected chi connectivity index (χ0v) is 17.3. The third kappa shape index (κ3) is 5.06. The number of furan rings is 1. The number of nitrogens with zero attached hydrogens (tertiary/aromatic N) is 1. The van der Waals surface area contributed by atoms with Gasteiger partial charge in [0.15, 0.2) is 11.5 Å². The maximum absolute atomic E-state index is 12.7. The van der Waals surface area contributed by atoms with Crippen molar-refractivity contribution in [3.05, 3.63) is 40.8 Å². The molecule has 2 aromatic rings. The van der Waals surface area contributed by atoms with Crippen molar-refractivity contribution in [1.29, 1.82) is 0 Å². The molecule has 0 atom stereocenters. The van der Waals surface area contributed by atoms with Gasteiger partial charge < -0.3 is 18.6 Å². The minimum Gasteiger partial charge on any atom is -0.490 e. The number of nitrogens with one attached hydrogen (secondary N) is 1. The summed E-state index contributed by atoms with van der Waals surface area (Å²) in [5.41, 5.74) is 4.46. The summed E-state index contributed by atoms with van der Waals surface area (Å²) < 4.78 is 22.5. The van der Waals surface area contributed by atoms with E-state index in [9.17, 15) is 4.79 Å². The van der Waals surface area contributed by atoms with Gasteiger partial charge >= 0.3 is 0 Å². The predicted molar refractivity (Wildman–Crippen MR) is 108 cm³/mol. The number of benzene rings is 1. The summed E-state index contributed by atoms with van der Waals surface area (Å²) in [6.45, 7) is 12.5. The van der Waals surface area contributed by atoms with Crippen LogP contribution in [-0.4, -0.2) is 31.4 Å². The second-order valence-electron chi connectivity index (χ2n) is 6.07. The Hall–Kier alpha value is -2.96. The van der Waals surface area contributed by atoms with Crippen molar-refractivity contribution in [1.82, 2.24) is 5.43 Å². The molecular formula is C21H28N2O5. The number of rotatable bonds is 9. The second kappa shape index (κ2) is 9.82. The van der Waals surface area contributed by atoms with Crippen LogP contribution in [0, 0.1) is 13.8 Å². The largest absolute Gasteiger partial charge is 0.490 e. The monoisotopic (exact) mass is 388 g/mol. The highest BCUT2D eigenvalue weighted by Gasteiger charge is 2.18. The lowest BCUT2D eigenvalue weighted by atomic mass is 10.1. The summed E-state index contributed by atoms with van der Waals surface area (Å²) in [5.74, 6) is 2.59. The van der Waals surface area contributed by atoms with Gasteiger partial charge in [-0.3, -0.25) is 4.79 Å². The third-order valence-corrected chi connectivity index (χ3v) is 3.93. The van der Waals surface area contributed by atoms with Crippen molar-refractivity contribution < 1.29 is 23.4 Å². The average molecular weight is 388 g/mol. The number of amides is 1. The quantitative estimate of drug-likeness (QED) is 0.513. The van der Waals surface area contributed by atoms with Gasteiger partial charge in [-0.25, -0.2) is 5.43 Å². The summed E-state index contributed by atoms with van der Waals surface area (Å²) in [4.78, 5) is 12.7. The van der Waals surface area contributed by atoms with E-state index < -0.39 is 0 Å². The van der Waals surface area contributed by atoms with Gasteiger partial charge in [-0.2, -0.15) is 5.10 Å². The molecule has 0 bridgehead atoms. The van der Waals surface area contributed by atoms with Crippen LogP contribution in [0.1, 0.15) is 55.1 Å². The number of ether oxygens (including phenoxy) is 3. The van der Waals surface area contributed by atoms with Crippen LogP contribution in [0.5, 0.6) is 17.2 Å². The fraction of sp³-hybridized carbons (Fsp3) is 0.429. The van der Waals surface area contributed by atoms with E-state index in [1.54, 1.807) is 12.1 Å². The molecule has 7 nitrogen and oxygen atoms in total. The number of carbonyl (C=O) groups is 1. The zero-order valence-electron chi connectivity index (χ0n) is 17.3. The molecule has 0 saturated heterocycles. The molecule has 0 aliphatic heterocycles. The lowest BCUT2D eigenvalue weighted by Gasteiger charge is -2.16. The first kappa shape index (κ1) is 21.3. The summed E-state index contributed by atoms with van der Waals surface area (Å²) in [6, 6.07) is 5.15. The van der Waals surface area contributed by atoms with E-state index in [0.29, 0.717) is 48.3 Å². The highest BCUT2D eigenvalue weighted by molar-refractivity contribution is 6.01. The maximum atomic E-state index is 12.7. The Morgan fingerprint density at radius 2 is 1.57 bits per heavy atom. The van der Waals surface area contributed by atoms with Gasteiger partial charge in [0.1, 0.15) is 11.5 Å². The SMILES string of the molecule is CCOc1cc(C(=O)N/N=C(/C)c2cc(C)oc2C)cc(OCC)c1OCC. The fourth-order valence-corrected chi connectivity index (χ4v) is 2.77. The number of hydrazone groups is 1. The van der Waals surface area contributed by atoms with E-state index in [4.69, 9.17) is 18.6 Å². The molecule has 0 saturated carbocycles. The first-order valence-corrected chi connectivity index (χ1v) is 9.39. The van der Waals surface area contributed by atoms with Crippen molar-refractivity contribution in [2.24, 2.45) is 5.10 Å². The van der Waals surface area contributed by atoms with E-state index in [1.807, 2.05) is 47.6 Å². The van der Waals surface area contributed by atoms with Crippen molar-refractivity contribution in [3.8, 4) is 17.2 Å². The standard InChI is InChI=1S/C21H28N2O5/c1-7-25-18-11-16(12-19(26-8-2)20(18)27-9-3)21(24)23-22-14(5)17-10-13(4)28-15(17)6/h10-12H,7-9H2,1-6H3,(H,23,24)/b22-14-. The molecule has 2 rings (SSSR count). The molecular weight excluding hydrogens is 360 g/mol. The smallest absolute Gasteiger partial charge is 0.271 e. The van der Waals surface area contributed by atoms with Gasteiger partial charge in [-0.15, -0.1) is 0 Å². The van der Waals surface area contributed by atoms with Crippen LogP contribution in [0.25, 0.3) is 0 Å². The molecule has 0 fully saturated rings. The Kier molecular flexibility index (Phi) is 7.49. The van der Waals surface area contributed by atoms with Crippen LogP contribution in [0.2, 0.25) is 0 Å². The molecule has 1 N–H and O–H groups in total. The van der Waals surface area contributed by atoms with Gasteiger partial charge in [0, 0.05) is 11.1 Å². The van der Waals surface area contributed by atoms with Gasteiger partial charge in [0.2, 0.25) is 5.75 Å². The maximum Gasteiger partial charge on any atom is 0.271 e. The van der Waals surface area contributed by atoms with Crippen LogP contribution in [0.4, 0.5) is 0 Å². The Balaban J connectivity index is 2.30. The lowest BCUT2D eigenvalue weighted by molar-refractivity contribution is 0.0953. The molecule has 28 heavy (non-hydrogen) atoms. The third-order valence-electron chi connectivity index (χ3n) is 3.93. The molecule has 1 amide bonds. The lowest BCUT2D eigenvalue weighted by Crippen LogP contribution is -2.20. The molecule has 0 unspecified atom stereocenters. The number of hydrogen-bond donors (Lipinski definition) is 1. The Labute approximate surface area is 165 Å². The minimum atomic E-state index is -0.373. The number of carbonyl (C=O) groups excluding carboxylic acids is 1. The fourth-order valence-electron chi connectivity index (χ4n) is 2.77. The van der Waals surface area contributed by atoms with Crippen LogP contribution in [0.3, 0.4) is 0 Å². The topological polar surface area (TPSA) is 82.3 Å². The van der Waals surface area contributed by atoms with Crippen molar-refractivity contribution in [2.75, 3.05) is 19.8 Å². The minimum absolute atomic E-state index is 0.368. The van der Waals surface area contributed by atoms with Crippen molar-refractivity contribution in [2.45, 2.75) is 41.5 Å². The van der Waals surface area contributed by atoms with E-state index >= 15 is 0 Å². The summed E-state index contributed by atoms with van der Waals surface area (Å²) in [6.07, 6.45) is 0. The van der Waals surface area contributed by atoms with Crippen LogP contribution >= 0.6 is 0 Å². The Morgan fingerprint density at radius 3 is 2.04 bits per heavy atom. The van der Waals surface area contributed by atoms with Crippen LogP contribution in [0.15, 0.2) is 27.7 Å². The van der Waals surface area contributed by atoms with E-state index in [0.717, 1.165) is 17.1 Å². The summed E-state index contributed by atoms with van der Waals surface area (Å²) in [7, 11) is 0. The van der Waals surface area contributed by atoms with Crippen LogP contribution in [-0.2, 0) is 0 Å². The molecule has 1 heterocycles. The summed E-state index contributed by atoms with van der Waals surface area (Å²) in [5, 5.41) is 4.20. The van der Waals surface area contributed by atoms with Gasteiger partial charge in [0.05, 0.1) is 25.5 Å². The first-order chi connectivity index (χ1) is 13.4. The predicted octanol–water partition coefficient (Wildman–Crippen LogP) is 4.25. The van der Waals surface area contributed by atoms with Gasteiger partial charge in [0.25, 0.3) is 5.91 Å². The molecule has 7 heteroatoms. The first-order valence-electron chi connectivity index (χ1n) is 9.39.